The maximum atomic E-state index is 13.0. The second-order valence-electron chi connectivity index (χ2n) is 6.73. The highest BCUT2D eigenvalue weighted by atomic mass is 35.5. The molecule has 1 aliphatic heterocycles. The lowest BCUT2D eigenvalue weighted by Gasteiger charge is -2.17. The third-order valence-corrected chi connectivity index (χ3v) is 4.99. The highest BCUT2D eigenvalue weighted by molar-refractivity contribution is 5.95. The summed E-state index contributed by atoms with van der Waals surface area (Å²) in [5.41, 5.74) is 10.1. The average Bonchev–Trinajstić information content (AvgIpc) is 3.31. The van der Waals surface area contributed by atoms with Crippen LogP contribution >= 0.6 is 12.4 Å². The number of aromatic nitrogens is 3. The van der Waals surface area contributed by atoms with Crippen LogP contribution in [0.25, 0.3) is 5.69 Å². The first-order valence-corrected chi connectivity index (χ1v) is 8.69. The van der Waals surface area contributed by atoms with Crippen LogP contribution in [0, 0.1) is 6.92 Å². The van der Waals surface area contributed by atoms with Gasteiger partial charge in [0.2, 0.25) is 0 Å². The largest absolute Gasteiger partial charge is 0.336 e. The van der Waals surface area contributed by atoms with Gasteiger partial charge >= 0.3 is 0 Å². The van der Waals surface area contributed by atoms with Gasteiger partial charge in [0.1, 0.15) is 12.7 Å². The highest BCUT2D eigenvalue weighted by Gasteiger charge is 2.34. The van der Waals surface area contributed by atoms with Crippen LogP contribution in [0.1, 0.15) is 27.4 Å². The minimum atomic E-state index is -0.0446. The SMILES string of the molecule is Cc1cc(C(=O)N2C[C@@H](N)[C@H](c3ccccc3)C2)ccc1-n1cncn1.Cl. The van der Waals surface area contributed by atoms with Gasteiger partial charge < -0.3 is 10.6 Å². The van der Waals surface area contributed by atoms with E-state index < -0.39 is 0 Å². The summed E-state index contributed by atoms with van der Waals surface area (Å²) in [6, 6.07) is 15.8. The predicted molar refractivity (Wildman–Crippen MR) is 106 cm³/mol. The third kappa shape index (κ3) is 3.72. The molecule has 1 aromatic heterocycles. The fourth-order valence-electron chi connectivity index (χ4n) is 3.61. The van der Waals surface area contributed by atoms with Crippen LogP contribution < -0.4 is 5.73 Å². The summed E-state index contributed by atoms with van der Waals surface area (Å²) in [7, 11) is 0. The number of nitrogens with two attached hydrogens (primary N) is 1. The summed E-state index contributed by atoms with van der Waals surface area (Å²) < 4.78 is 1.70. The number of benzene rings is 2. The summed E-state index contributed by atoms with van der Waals surface area (Å²) in [5, 5.41) is 4.15. The Labute approximate surface area is 164 Å². The van der Waals surface area contributed by atoms with E-state index >= 15 is 0 Å². The van der Waals surface area contributed by atoms with Gasteiger partial charge in [0.25, 0.3) is 5.91 Å². The molecule has 3 aromatic rings. The number of aryl methyl sites for hydroxylation is 1. The fourth-order valence-corrected chi connectivity index (χ4v) is 3.61. The van der Waals surface area contributed by atoms with E-state index in [9.17, 15) is 4.79 Å². The Morgan fingerprint density at radius 2 is 1.93 bits per heavy atom. The van der Waals surface area contributed by atoms with E-state index in [1.54, 1.807) is 11.0 Å². The third-order valence-electron chi connectivity index (χ3n) is 4.99. The van der Waals surface area contributed by atoms with E-state index in [-0.39, 0.29) is 30.3 Å². The molecule has 0 bridgehead atoms. The van der Waals surface area contributed by atoms with Crippen molar-refractivity contribution in [3.8, 4) is 5.69 Å². The zero-order chi connectivity index (χ0) is 18.1. The number of halogens is 1. The minimum Gasteiger partial charge on any atom is -0.336 e. The molecule has 0 spiro atoms. The number of rotatable bonds is 3. The van der Waals surface area contributed by atoms with E-state index in [1.807, 2.05) is 48.2 Å². The Morgan fingerprint density at radius 3 is 2.59 bits per heavy atom. The summed E-state index contributed by atoms with van der Waals surface area (Å²) in [4.78, 5) is 18.8. The minimum absolute atomic E-state index is 0. The van der Waals surface area contributed by atoms with E-state index in [2.05, 4.69) is 22.2 Å². The molecule has 2 N–H and O–H groups in total. The van der Waals surface area contributed by atoms with Crippen LogP contribution in [-0.2, 0) is 0 Å². The van der Waals surface area contributed by atoms with Crippen molar-refractivity contribution in [3.63, 3.8) is 0 Å². The highest BCUT2D eigenvalue weighted by Crippen LogP contribution is 2.28. The number of likely N-dealkylation sites (tertiary alicyclic amines) is 1. The topological polar surface area (TPSA) is 77.0 Å². The fraction of sp³-hybridized carbons (Fsp3) is 0.250. The molecule has 140 valence electrons. The van der Waals surface area contributed by atoms with Gasteiger partial charge in [-0.1, -0.05) is 30.3 Å². The molecule has 1 saturated heterocycles. The van der Waals surface area contributed by atoms with E-state index in [0.29, 0.717) is 18.7 Å². The van der Waals surface area contributed by atoms with Crippen molar-refractivity contribution >= 4 is 18.3 Å². The first kappa shape index (κ1) is 19.1. The van der Waals surface area contributed by atoms with Crippen molar-refractivity contribution in [2.45, 2.75) is 18.9 Å². The number of hydrogen-bond acceptors (Lipinski definition) is 4. The smallest absolute Gasteiger partial charge is 0.253 e. The van der Waals surface area contributed by atoms with Crippen molar-refractivity contribution < 1.29 is 4.79 Å². The predicted octanol–water partition coefficient (Wildman–Crippen LogP) is 2.56. The molecule has 7 heteroatoms. The molecule has 2 heterocycles. The number of nitrogens with zero attached hydrogens (tertiary/aromatic N) is 4. The van der Waals surface area contributed by atoms with Gasteiger partial charge in [-0.2, -0.15) is 5.10 Å². The van der Waals surface area contributed by atoms with Crippen molar-refractivity contribution in [2.24, 2.45) is 5.73 Å². The summed E-state index contributed by atoms with van der Waals surface area (Å²) in [6.45, 7) is 3.19. The molecule has 0 radical (unpaired) electrons. The molecule has 6 nitrogen and oxygen atoms in total. The van der Waals surface area contributed by atoms with Gasteiger partial charge in [0.15, 0.2) is 0 Å². The second-order valence-corrected chi connectivity index (χ2v) is 6.73. The number of carbonyl (C=O) groups excluding carboxylic acids is 1. The molecule has 0 unspecified atom stereocenters. The van der Waals surface area contributed by atoms with E-state index in [1.165, 1.54) is 11.9 Å². The molecule has 2 aromatic carbocycles. The molecule has 1 aliphatic rings. The van der Waals surface area contributed by atoms with Crippen LogP contribution in [0.2, 0.25) is 0 Å². The monoisotopic (exact) mass is 383 g/mol. The van der Waals surface area contributed by atoms with Crippen molar-refractivity contribution in [3.05, 3.63) is 77.9 Å². The molecule has 4 rings (SSSR count). The van der Waals surface area contributed by atoms with Crippen molar-refractivity contribution in [1.82, 2.24) is 19.7 Å². The van der Waals surface area contributed by atoms with E-state index in [4.69, 9.17) is 5.73 Å². The second kappa shape index (κ2) is 7.90. The Balaban J connectivity index is 0.00000210. The van der Waals surface area contributed by atoms with Crippen LogP contribution in [0.3, 0.4) is 0 Å². The summed E-state index contributed by atoms with van der Waals surface area (Å²) in [6.07, 6.45) is 3.14. The Kier molecular flexibility index (Phi) is 5.58. The maximum absolute atomic E-state index is 13.0. The standard InChI is InChI=1S/C20H21N5O.ClH/c1-14-9-16(7-8-19(14)25-13-22-12-23-25)20(26)24-10-17(18(21)11-24)15-5-3-2-4-6-15;/h2-9,12-13,17-18H,10-11,21H2,1H3;1H/t17-,18+;/m0./s1. The lowest BCUT2D eigenvalue weighted by Crippen LogP contribution is -2.32. The zero-order valence-corrected chi connectivity index (χ0v) is 15.8. The first-order chi connectivity index (χ1) is 12.6. The van der Waals surface area contributed by atoms with Gasteiger partial charge in [-0.15, -0.1) is 12.4 Å². The lowest BCUT2D eigenvalue weighted by atomic mass is 9.95. The summed E-state index contributed by atoms with van der Waals surface area (Å²) in [5.74, 6) is 0.197. The van der Waals surface area contributed by atoms with Crippen molar-refractivity contribution in [1.29, 1.82) is 0 Å². The molecule has 2 atom stereocenters. The van der Waals surface area contributed by atoms with Gasteiger partial charge in [0.05, 0.1) is 5.69 Å². The lowest BCUT2D eigenvalue weighted by molar-refractivity contribution is 0.0789. The molecule has 0 aliphatic carbocycles. The van der Waals surface area contributed by atoms with Gasteiger partial charge in [-0.05, 0) is 36.2 Å². The van der Waals surface area contributed by atoms with Crippen molar-refractivity contribution in [2.75, 3.05) is 13.1 Å². The average molecular weight is 384 g/mol. The number of amides is 1. The molecule has 1 amide bonds. The van der Waals surface area contributed by atoms with Gasteiger partial charge in [-0.3, -0.25) is 4.79 Å². The molecular formula is C20H22ClN5O. The van der Waals surface area contributed by atoms with Gasteiger partial charge in [0, 0.05) is 30.6 Å². The Hall–Kier alpha value is -2.70. The zero-order valence-electron chi connectivity index (χ0n) is 15.0. The Morgan fingerprint density at radius 1 is 1.15 bits per heavy atom. The summed E-state index contributed by atoms with van der Waals surface area (Å²) >= 11 is 0. The van der Waals surface area contributed by atoms with Crippen LogP contribution in [-0.4, -0.2) is 44.7 Å². The molecular weight excluding hydrogens is 362 g/mol. The molecule has 0 saturated carbocycles. The Bertz CT molecular complexity index is 913. The quantitative estimate of drug-likeness (QED) is 0.754. The van der Waals surface area contributed by atoms with Crippen LogP contribution in [0.4, 0.5) is 0 Å². The van der Waals surface area contributed by atoms with Crippen LogP contribution in [0.15, 0.2) is 61.2 Å². The van der Waals surface area contributed by atoms with Gasteiger partial charge in [-0.25, -0.2) is 9.67 Å². The first-order valence-electron chi connectivity index (χ1n) is 8.69. The molecule has 27 heavy (non-hydrogen) atoms. The number of hydrogen-bond donors (Lipinski definition) is 1. The van der Waals surface area contributed by atoms with Crippen LogP contribution in [0.5, 0.6) is 0 Å². The maximum Gasteiger partial charge on any atom is 0.253 e. The number of carbonyl (C=O) groups is 1. The van der Waals surface area contributed by atoms with E-state index in [0.717, 1.165) is 11.3 Å². The normalized spacial score (nSPS) is 19.0. The molecule has 1 fully saturated rings.